The van der Waals surface area contributed by atoms with Crippen molar-refractivity contribution in [2.45, 2.75) is 0 Å². The number of hydrogen-bond donors (Lipinski definition) is 0. The maximum absolute atomic E-state index is 9.98. The van der Waals surface area contributed by atoms with Crippen LogP contribution >= 0.6 is 0 Å². The summed E-state index contributed by atoms with van der Waals surface area (Å²) in [6.07, 6.45) is 0. The molecule has 226 valence electrons. The van der Waals surface area contributed by atoms with E-state index in [2.05, 4.69) is 0 Å². The van der Waals surface area contributed by atoms with Crippen molar-refractivity contribution >= 4 is 49.8 Å². The lowest BCUT2D eigenvalue weighted by molar-refractivity contribution is 0.672. The Morgan fingerprint density at radius 2 is 0.875 bits per heavy atom. The van der Waals surface area contributed by atoms with Crippen LogP contribution in [0.15, 0.2) is 192 Å². The van der Waals surface area contributed by atoms with Gasteiger partial charge in [-0.15, -0.1) is 0 Å². The van der Waals surface area contributed by atoms with Gasteiger partial charge in [0.15, 0.2) is 0 Å². The molecule has 0 spiro atoms. The number of benzene rings is 8. The first-order valence-corrected chi connectivity index (χ1v) is 13.9. The predicted molar refractivity (Wildman–Crippen MR) is 202 cm³/mol. The molecule has 0 saturated carbocycles. The van der Waals surface area contributed by atoms with Crippen molar-refractivity contribution in [3.63, 3.8) is 0 Å². The van der Waals surface area contributed by atoms with Gasteiger partial charge in [0, 0.05) is 33.2 Å². The minimum absolute atomic E-state index is 0.352. The summed E-state index contributed by atoms with van der Waals surface area (Å²) in [6.45, 7) is 0. The molecule has 0 aliphatic heterocycles. The number of fused-ring (bicyclic) bond motifs is 5. The third-order valence-electron chi connectivity index (χ3n) is 7.04. The number of anilines is 3. The lowest BCUT2D eigenvalue weighted by atomic mass is 9.95. The Bertz CT molecular complexity index is 4140. The zero-order chi connectivity index (χ0) is 58.0. The Balaban J connectivity index is 1.53. The van der Waals surface area contributed by atoms with E-state index in [1.807, 2.05) is 0 Å². The predicted octanol–water partition coefficient (Wildman–Crippen LogP) is 13.2. The van der Waals surface area contributed by atoms with E-state index in [0.29, 0.717) is 4.90 Å². The smallest absolute Gasteiger partial charge is 0.143 e. The molecule has 0 N–H and O–H groups in total. The third kappa shape index (κ3) is 4.92. The van der Waals surface area contributed by atoms with Crippen LogP contribution in [-0.4, -0.2) is 0 Å². The second kappa shape index (κ2) is 11.8. The minimum Gasteiger partial charge on any atom is -0.455 e. The molecule has 9 aromatic rings. The van der Waals surface area contributed by atoms with E-state index in [0.717, 1.165) is 6.07 Å². The molecule has 9 rings (SSSR count). The monoisotopic (exact) mass is 643 g/mol. The Labute approximate surface area is 321 Å². The summed E-state index contributed by atoms with van der Waals surface area (Å²) >= 11 is 0. The van der Waals surface area contributed by atoms with Gasteiger partial charge in [-0.2, -0.15) is 0 Å². The summed E-state index contributed by atoms with van der Waals surface area (Å²) < 4.78 is 273. The van der Waals surface area contributed by atoms with Gasteiger partial charge in [0.05, 0.1) is 41.1 Å². The normalized spacial score (nSPS) is 20.1. The minimum atomic E-state index is -1.25. The fourth-order valence-electron chi connectivity index (χ4n) is 4.94. The molecule has 0 radical (unpaired) electrons. The molecule has 8 aromatic carbocycles. The van der Waals surface area contributed by atoms with Gasteiger partial charge in [-0.05, 0) is 87.1 Å². The fourth-order valence-corrected chi connectivity index (χ4v) is 4.94. The number of hydrogen-bond acceptors (Lipinski definition) is 2. The van der Waals surface area contributed by atoms with Crippen LogP contribution in [-0.2, 0) is 0 Å². The van der Waals surface area contributed by atoms with Crippen molar-refractivity contribution in [1.82, 2.24) is 0 Å². The molecule has 2 heteroatoms. The van der Waals surface area contributed by atoms with Gasteiger partial charge in [0.25, 0.3) is 0 Å². The lowest BCUT2D eigenvalue weighted by Gasteiger charge is -2.26. The highest BCUT2D eigenvalue weighted by Gasteiger charge is 2.18. The fraction of sp³-hybridized carbons (Fsp3) is 0. The highest BCUT2D eigenvalue weighted by atomic mass is 16.3. The van der Waals surface area contributed by atoms with Gasteiger partial charge in [0.1, 0.15) is 11.2 Å². The molecule has 0 aliphatic rings. The number of nitrogens with zero attached hydrogens (tertiary/aromatic N) is 1. The standard InChI is InChI=1S/C46H31NO/c1-4-12-32(13-5-1)34-20-24-37(25-21-34)47(38-26-22-35(23-27-38)33-14-6-2-7-15-33)39-28-29-45-43(30-39)44-31-42(36-16-8-3-9-17-36)40-18-10-11-19-41(40)46(44)48-45/h1-31H/i1D,3D,4D,5D,6D,7D,8D,9D,10D,11D,12D,13D,14D,15D,16D,17D,18D,19D,20D,21D,22D,23D,24D,25D,26D,27D,28D,29D,30D,31D. The van der Waals surface area contributed by atoms with Crippen LogP contribution in [0.25, 0.3) is 66.1 Å². The van der Waals surface area contributed by atoms with E-state index < -0.39 is 264 Å². The molecule has 1 aromatic heterocycles. The van der Waals surface area contributed by atoms with E-state index >= 15 is 0 Å². The molecule has 2 nitrogen and oxygen atoms in total. The maximum atomic E-state index is 9.98. The lowest BCUT2D eigenvalue weighted by Crippen LogP contribution is -2.09. The largest absolute Gasteiger partial charge is 0.455 e. The third-order valence-corrected chi connectivity index (χ3v) is 7.04. The van der Waals surface area contributed by atoms with E-state index in [1.165, 1.54) is 0 Å². The Morgan fingerprint density at radius 1 is 0.375 bits per heavy atom. The molecule has 0 fully saturated rings. The highest BCUT2D eigenvalue weighted by Crippen LogP contribution is 2.43. The average Bonchev–Trinajstić information content (AvgIpc) is 3.99. The Kier molecular flexibility index (Phi) is 2.66. The number of furan rings is 1. The zero-order valence-electron chi connectivity index (χ0n) is 53.9. The molecule has 48 heavy (non-hydrogen) atoms. The SMILES string of the molecule is [2H]c1cc([2H])c([2H])c(-c2c([2H])c([2H])c(N(c3c([2H])c([2H])c(-c4c([2H])c([2H])c([2H])c([2H])c4[2H])c([2H])c3[2H])c3c([2H])c([2H])c4oc5c6c([2H])c([2H])c([2H])c([2H])c6c(-c6c([2H])c([2H])c([2H])c([2H])c6[2H])c([2H])c5c4c3[2H])c([2H])c2[2H])c1[2H]. The van der Waals surface area contributed by atoms with Gasteiger partial charge < -0.3 is 9.32 Å². The first-order valence-electron chi connectivity index (χ1n) is 28.9. The highest BCUT2D eigenvalue weighted by molar-refractivity contribution is 6.19. The van der Waals surface area contributed by atoms with Crippen molar-refractivity contribution in [1.29, 1.82) is 0 Å². The maximum Gasteiger partial charge on any atom is 0.143 e. The second-order valence-corrected chi connectivity index (χ2v) is 9.82. The van der Waals surface area contributed by atoms with Crippen LogP contribution in [0.5, 0.6) is 0 Å². The van der Waals surface area contributed by atoms with Crippen molar-refractivity contribution in [2.24, 2.45) is 0 Å². The van der Waals surface area contributed by atoms with E-state index in [4.69, 9.17) is 29.1 Å². The summed E-state index contributed by atoms with van der Waals surface area (Å²) in [7, 11) is 0. The molecule has 0 atom stereocenters. The van der Waals surface area contributed by atoms with Crippen LogP contribution in [0.2, 0.25) is 0 Å². The molecular formula is C46H31NO. The Hall–Kier alpha value is -6.38. The van der Waals surface area contributed by atoms with Crippen LogP contribution < -0.4 is 4.90 Å². The van der Waals surface area contributed by atoms with E-state index in [-0.39, 0.29) is 0 Å². The first-order chi connectivity index (χ1) is 36.3. The summed E-state index contributed by atoms with van der Waals surface area (Å²) in [5, 5.41) is -2.65. The summed E-state index contributed by atoms with van der Waals surface area (Å²) in [5.74, 6) is 0. The molecular weight excluding hydrogens is 583 g/mol. The molecule has 1 heterocycles. The van der Waals surface area contributed by atoms with Crippen molar-refractivity contribution in [3.8, 4) is 33.4 Å². The molecule has 0 amide bonds. The summed E-state index contributed by atoms with van der Waals surface area (Å²) in [5.41, 5.74) is -9.60. The Morgan fingerprint density at radius 3 is 1.50 bits per heavy atom. The van der Waals surface area contributed by atoms with Crippen LogP contribution in [0, 0.1) is 0 Å². The molecule has 0 aliphatic carbocycles. The zero-order valence-corrected chi connectivity index (χ0v) is 23.9. The van der Waals surface area contributed by atoms with Crippen LogP contribution in [0.3, 0.4) is 0 Å². The van der Waals surface area contributed by atoms with E-state index in [9.17, 15) is 16.4 Å². The van der Waals surface area contributed by atoms with Crippen molar-refractivity contribution < 1.29 is 45.5 Å². The van der Waals surface area contributed by atoms with Crippen molar-refractivity contribution in [3.05, 3.63) is 187 Å². The van der Waals surface area contributed by atoms with Gasteiger partial charge in [-0.25, -0.2) is 0 Å². The summed E-state index contributed by atoms with van der Waals surface area (Å²) in [6, 6.07) is -29.0. The molecule has 0 bridgehead atoms. The first kappa shape index (κ1) is 10.8. The number of rotatable bonds is 6. The summed E-state index contributed by atoms with van der Waals surface area (Å²) in [4.78, 5) is 0.352. The second-order valence-electron chi connectivity index (χ2n) is 9.82. The van der Waals surface area contributed by atoms with Crippen molar-refractivity contribution in [2.75, 3.05) is 4.90 Å². The van der Waals surface area contributed by atoms with Gasteiger partial charge in [-0.3, -0.25) is 0 Å². The molecule has 0 saturated heterocycles. The average molecular weight is 644 g/mol. The van der Waals surface area contributed by atoms with Gasteiger partial charge in [0.2, 0.25) is 0 Å². The van der Waals surface area contributed by atoms with Gasteiger partial charge in [-0.1, -0.05) is 139 Å². The van der Waals surface area contributed by atoms with E-state index in [1.54, 1.807) is 0 Å². The van der Waals surface area contributed by atoms with Gasteiger partial charge >= 0.3 is 0 Å². The van der Waals surface area contributed by atoms with Crippen LogP contribution in [0.1, 0.15) is 41.1 Å². The topological polar surface area (TPSA) is 16.4 Å². The quantitative estimate of drug-likeness (QED) is 0.179. The van der Waals surface area contributed by atoms with Crippen LogP contribution in [0.4, 0.5) is 17.1 Å². The molecule has 0 unspecified atom stereocenters.